The van der Waals surface area contributed by atoms with E-state index in [1.165, 1.54) is 29.2 Å². The van der Waals surface area contributed by atoms with Crippen LogP contribution in [0.5, 0.6) is 17.2 Å². The molecule has 2 aromatic rings. The Bertz CT molecular complexity index is 936. The molecule has 1 aliphatic heterocycles. The van der Waals surface area contributed by atoms with Crippen molar-refractivity contribution in [1.29, 1.82) is 0 Å². The number of rotatable bonds is 4. The zero-order chi connectivity index (χ0) is 19.9. The molecular weight excluding hydrogens is 353 g/mol. The number of carboxylic acid groups (broad SMARTS) is 1. The Balaban J connectivity index is 1.99. The van der Waals surface area contributed by atoms with Crippen molar-refractivity contribution < 1.29 is 28.6 Å². The van der Waals surface area contributed by atoms with Crippen LogP contribution in [-0.4, -0.2) is 41.6 Å². The predicted molar refractivity (Wildman–Crippen MR) is 96.3 cm³/mol. The van der Waals surface area contributed by atoms with Crippen molar-refractivity contribution in [3.8, 4) is 17.2 Å². The van der Waals surface area contributed by atoms with Crippen LogP contribution in [0.2, 0.25) is 0 Å². The highest BCUT2D eigenvalue weighted by Crippen LogP contribution is 2.43. The first-order valence-electron chi connectivity index (χ1n) is 8.36. The molecule has 27 heavy (non-hydrogen) atoms. The van der Waals surface area contributed by atoms with Crippen molar-refractivity contribution in [1.82, 2.24) is 4.90 Å². The molecule has 0 atom stereocenters. The highest BCUT2D eigenvalue weighted by molar-refractivity contribution is 5.94. The Hall–Kier alpha value is -3.09. The van der Waals surface area contributed by atoms with E-state index in [-0.39, 0.29) is 28.5 Å². The molecule has 0 bridgehead atoms. The smallest absolute Gasteiger partial charge is 0.335 e. The van der Waals surface area contributed by atoms with E-state index in [0.29, 0.717) is 17.7 Å². The summed E-state index contributed by atoms with van der Waals surface area (Å²) in [6.45, 7) is 3.75. The van der Waals surface area contributed by atoms with Crippen molar-refractivity contribution in [2.75, 3.05) is 14.1 Å². The molecule has 1 heterocycles. The van der Waals surface area contributed by atoms with Crippen LogP contribution in [0.4, 0.5) is 4.39 Å². The lowest BCUT2D eigenvalue weighted by Gasteiger charge is -2.16. The first-order valence-corrected chi connectivity index (χ1v) is 8.36. The minimum atomic E-state index is -1.14. The fraction of sp³-hybridized carbons (Fsp3) is 0.300. The lowest BCUT2D eigenvalue weighted by molar-refractivity contribution is 0.0694. The summed E-state index contributed by atoms with van der Waals surface area (Å²) in [4.78, 5) is 24.7. The van der Waals surface area contributed by atoms with E-state index in [1.807, 2.05) is 13.8 Å². The quantitative estimate of drug-likeness (QED) is 0.884. The molecule has 1 aliphatic rings. The molecule has 6 nitrogen and oxygen atoms in total. The fourth-order valence-electron chi connectivity index (χ4n) is 2.95. The third-order valence-corrected chi connectivity index (χ3v) is 4.21. The van der Waals surface area contributed by atoms with Gasteiger partial charge in [0.1, 0.15) is 17.1 Å². The Morgan fingerprint density at radius 2 is 1.85 bits per heavy atom. The number of hydrogen-bond acceptors (Lipinski definition) is 4. The van der Waals surface area contributed by atoms with Crippen LogP contribution in [-0.2, 0) is 6.42 Å². The van der Waals surface area contributed by atoms with Crippen molar-refractivity contribution in [3.05, 3.63) is 52.8 Å². The van der Waals surface area contributed by atoms with Crippen molar-refractivity contribution in [3.63, 3.8) is 0 Å². The van der Waals surface area contributed by atoms with Crippen molar-refractivity contribution >= 4 is 11.9 Å². The summed E-state index contributed by atoms with van der Waals surface area (Å²) < 4.78 is 26.0. The second-order valence-corrected chi connectivity index (χ2v) is 7.24. The SMILES string of the molecule is CN(C)C(=O)c1ccc(Oc2cc(C(=O)O)cc3c2CC(C)(C)O3)c(F)c1. The average Bonchev–Trinajstić information content (AvgIpc) is 2.89. The van der Waals surface area contributed by atoms with Gasteiger partial charge in [0.15, 0.2) is 11.6 Å². The molecule has 0 saturated heterocycles. The van der Waals surface area contributed by atoms with E-state index in [4.69, 9.17) is 9.47 Å². The minimum absolute atomic E-state index is 0.0127. The maximum absolute atomic E-state index is 14.5. The second-order valence-electron chi connectivity index (χ2n) is 7.24. The third-order valence-electron chi connectivity index (χ3n) is 4.21. The summed E-state index contributed by atoms with van der Waals surface area (Å²) in [5.74, 6) is -1.64. The molecule has 0 fully saturated rings. The number of nitrogens with zero attached hydrogens (tertiary/aromatic N) is 1. The maximum Gasteiger partial charge on any atom is 0.335 e. The van der Waals surface area contributed by atoms with Crippen LogP contribution in [0.25, 0.3) is 0 Å². The number of amides is 1. The van der Waals surface area contributed by atoms with Crippen LogP contribution >= 0.6 is 0 Å². The lowest BCUT2D eigenvalue weighted by atomic mass is 10.00. The summed E-state index contributed by atoms with van der Waals surface area (Å²) >= 11 is 0. The molecule has 3 rings (SSSR count). The van der Waals surface area contributed by atoms with E-state index >= 15 is 0 Å². The number of benzene rings is 2. The van der Waals surface area contributed by atoms with Gasteiger partial charge in [-0.05, 0) is 44.2 Å². The number of aromatic carboxylic acids is 1. The number of ether oxygens (including phenoxy) is 2. The summed E-state index contributed by atoms with van der Waals surface area (Å²) in [6.07, 6.45) is 0.496. The molecule has 0 saturated carbocycles. The number of hydrogen-bond donors (Lipinski definition) is 1. The molecule has 0 aliphatic carbocycles. The summed E-state index contributed by atoms with van der Waals surface area (Å²) in [5, 5.41) is 9.31. The zero-order valence-electron chi connectivity index (χ0n) is 15.5. The summed E-state index contributed by atoms with van der Waals surface area (Å²) in [6, 6.07) is 6.70. The highest BCUT2D eigenvalue weighted by atomic mass is 19.1. The number of carbonyl (C=O) groups excluding carboxylic acids is 1. The van der Waals surface area contributed by atoms with Gasteiger partial charge < -0.3 is 19.5 Å². The number of carboxylic acids is 1. The first kappa shape index (κ1) is 18.7. The molecule has 7 heteroatoms. The number of halogens is 1. The normalized spacial score (nSPS) is 14.3. The topological polar surface area (TPSA) is 76.1 Å². The van der Waals surface area contributed by atoms with E-state index < -0.39 is 17.4 Å². The molecule has 1 N–H and O–H groups in total. The van der Waals surface area contributed by atoms with E-state index in [1.54, 1.807) is 14.1 Å². The average molecular weight is 373 g/mol. The van der Waals surface area contributed by atoms with Gasteiger partial charge in [0.05, 0.1) is 5.56 Å². The number of carbonyl (C=O) groups is 2. The van der Waals surface area contributed by atoms with Crippen LogP contribution in [0.15, 0.2) is 30.3 Å². The lowest BCUT2D eigenvalue weighted by Crippen LogP contribution is -2.24. The van der Waals surface area contributed by atoms with E-state index in [0.717, 1.165) is 6.07 Å². The van der Waals surface area contributed by atoms with Gasteiger partial charge in [-0.15, -0.1) is 0 Å². The maximum atomic E-state index is 14.5. The zero-order valence-corrected chi connectivity index (χ0v) is 15.5. The summed E-state index contributed by atoms with van der Waals surface area (Å²) in [5.41, 5.74) is 0.343. The van der Waals surface area contributed by atoms with Crippen molar-refractivity contribution in [2.45, 2.75) is 25.9 Å². The standard InChI is InChI=1S/C20H20FNO5/c1-20(2)10-13-16(8-12(19(24)25)9-17(13)27-20)26-15-6-5-11(7-14(15)21)18(23)22(3)4/h5-9H,10H2,1-4H3,(H,24,25). The van der Waals surface area contributed by atoms with Gasteiger partial charge in [-0.2, -0.15) is 0 Å². The Labute approximate surface area is 156 Å². The highest BCUT2D eigenvalue weighted by Gasteiger charge is 2.34. The van der Waals surface area contributed by atoms with Gasteiger partial charge in [-0.1, -0.05) is 0 Å². The Morgan fingerprint density at radius 3 is 2.44 bits per heavy atom. The number of fused-ring (bicyclic) bond motifs is 1. The predicted octanol–water partition coefficient (Wildman–Crippen LogP) is 3.73. The van der Waals surface area contributed by atoms with Crippen LogP contribution < -0.4 is 9.47 Å². The fourth-order valence-corrected chi connectivity index (χ4v) is 2.95. The monoisotopic (exact) mass is 373 g/mol. The minimum Gasteiger partial charge on any atom is -0.487 e. The molecule has 2 aromatic carbocycles. The van der Waals surface area contributed by atoms with Gasteiger partial charge in [-0.3, -0.25) is 4.79 Å². The van der Waals surface area contributed by atoms with Crippen LogP contribution in [0.1, 0.15) is 40.1 Å². The van der Waals surface area contributed by atoms with Crippen LogP contribution in [0.3, 0.4) is 0 Å². The van der Waals surface area contributed by atoms with Crippen LogP contribution in [0, 0.1) is 5.82 Å². The Kier molecular flexibility index (Phi) is 4.55. The van der Waals surface area contributed by atoms with E-state index in [9.17, 15) is 19.1 Å². The van der Waals surface area contributed by atoms with Gasteiger partial charge in [-0.25, -0.2) is 9.18 Å². The molecule has 0 spiro atoms. The molecular formula is C20H20FNO5. The van der Waals surface area contributed by atoms with E-state index in [2.05, 4.69) is 0 Å². The molecule has 0 radical (unpaired) electrons. The van der Waals surface area contributed by atoms with Gasteiger partial charge in [0, 0.05) is 31.6 Å². The molecule has 0 unspecified atom stereocenters. The summed E-state index contributed by atoms with van der Waals surface area (Å²) in [7, 11) is 3.15. The van der Waals surface area contributed by atoms with Crippen molar-refractivity contribution in [2.24, 2.45) is 0 Å². The third kappa shape index (κ3) is 3.72. The van der Waals surface area contributed by atoms with Gasteiger partial charge >= 0.3 is 5.97 Å². The Morgan fingerprint density at radius 1 is 1.15 bits per heavy atom. The first-order chi connectivity index (χ1) is 12.6. The molecule has 1 amide bonds. The largest absolute Gasteiger partial charge is 0.487 e. The molecule has 0 aromatic heterocycles. The van der Waals surface area contributed by atoms with Gasteiger partial charge in [0.2, 0.25) is 0 Å². The van der Waals surface area contributed by atoms with Gasteiger partial charge in [0.25, 0.3) is 5.91 Å². The second kappa shape index (κ2) is 6.57. The molecule has 142 valence electrons.